The summed E-state index contributed by atoms with van der Waals surface area (Å²) < 4.78 is 24.5. The van der Waals surface area contributed by atoms with E-state index in [1.54, 1.807) is 0 Å². The fraction of sp³-hybridized carbons (Fsp3) is 0.833. The lowest BCUT2D eigenvalue weighted by atomic mass is 10.2. The summed E-state index contributed by atoms with van der Waals surface area (Å²) in [5.74, 6) is -5.65. The molecule has 0 unspecified atom stereocenters. The zero-order valence-electron chi connectivity index (χ0n) is 5.47. The molecule has 0 radical (unpaired) electrons. The predicted octanol–water partition coefficient (Wildman–Crippen LogP) is 1.36. The van der Waals surface area contributed by atoms with Crippen molar-refractivity contribution in [2.24, 2.45) is 11.8 Å². The van der Waals surface area contributed by atoms with E-state index in [4.69, 9.17) is 5.11 Å². The zero-order chi connectivity index (χ0) is 7.94. The van der Waals surface area contributed by atoms with Gasteiger partial charge in [0.15, 0.2) is 0 Å². The number of halogens is 2. The largest absolute Gasteiger partial charge is 0.481 e. The second-order valence-electron chi connectivity index (χ2n) is 2.74. The van der Waals surface area contributed by atoms with Gasteiger partial charge in [-0.1, -0.05) is 0 Å². The Bertz CT molecular complexity index is 162. The topological polar surface area (TPSA) is 37.3 Å². The molecule has 1 fully saturated rings. The van der Waals surface area contributed by atoms with E-state index in [-0.39, 0.29) is 6.42 Å². The molecule has 10 heavy (non-hydrogen) atoms. The number of carboxylic acids is 1. The molecule has 0 bridgehead atoms. The molecule has 2 nitrogen and oxygen atoms in total. The van der Waals surface area contributed by atoms with E-state index in [0.717, 1.165) is 6.92 Å². The molecule has 0 aromatic heterocycles. The van der Waals surface area contributed by atoms with Crippen LogP contribution in [0.4, 0.5) is 8.78 Å². The minimum absolute atomic E-state index is 0.124. The summed E-state index contributed by atoms with van der Waals surface area (Å²) in [6.07, 6.45) is 0.124. The average Bonchev–Trinajstić information content (AvgIpc) is 2.35. The fourth-order valence-electron chi connectivity index (χ4n) is 1.03. The van der Waals surface area contributed by atoms with E-state index in [1.807, 2.05) is 0 Å². The van der Waals surface area contributed by atoms with Gasteiger partial charge in [-0.3, -0.25) is 4.79 Å². The number of aliphatic carboxylic acids is 1. The summed E-state index contributed by atoms with van der Waals surface area (Å²) in [5, 5.41) is 8.25. The lowest BCUT2D eigenvalue weighted by molar-refractivity contribution is -0.140. The van der Waals surface area contributed by atoms with Crippen LogP contribution in [0.15, 0.2) is 0 Å². The highest BCUT2D eigenvalue weighted by Gasteiger charge is 2.55. The van der Waals surface area contributed by atoms with Gasteiger partial charge in [0.25, 0.3) is 0 Å². The Morgan fingerprint density at radius 2 is 2.20 bits per heavy atom. The molecule has 0 aromatic rings. The molecule has 1 N–H and O–H groups in total. The van der Waals surface area contributed by atoms with Crippen LogP contribution in [0.2, 0.25) is 0 Å². The van der Waals surface area contributed by atoms with Gasteiger partial charge < -0.3 is 5.11 Å². The fourth-order valence-corrected chi connectivity index (χ4v) is 1.03. The highest BCUT2D eigenvalue weighted by Crippen LogP contribution is 2.48. The monoisotopic (exact) mass is 150 g/mol. The van der Waals surface area contributed by atoms with Crippen LogP contribution in [0, 0.1) is 11.8 Å². The van der Waals surface area contributed by atoms with E-state index < -0.39 is 23.7 Å². The quantitative estimate of drug-likeness (QED) is 0.645. The highest BCUT2D eigenvalue weighted by atomic mass is 19.3. The molecule has 1 rings (SSSR count). The lowest BCUT2D eigenvalue weighted by Gasteiger charge is -2.06. The molecule has 0 aromatic carbocycles. The molecule has 58 valence electrons. The van der Waals surface area contributed by atoms with Crippen molar-refractivity contribution >= 4 is 5.97 Å². The van der Waals surface area contributed by atoms with Crippen molar-refractivity contribution in [3.05, 3.63) is 0 Å². The highest BCUT2D eigenvalue weighted by molar-refractivity contribution is 5.73. The zero-order valence-corrected chi connectivity index (χ0v) is 5.47. The molecule has 0 aliphatic heterocycles. The van der Waals surface area contributed by atoms with Crippen molar-refractivity contribution in [1.82, 2.24) is 0 Å². The van der Waals surface area contributed by atoms with Crippen LogP contribution in [-0.4, -0.2) is 17.0 Å². The maximum atomic E-state index is 12.3. The first-order valence-corrected chi connectivity index (χ1v) is 3.03. The van der Waals surface area contributed by atoms with E-state index in [9.17, 15) is 13.6 Å². The lowest BCUT2D eigenvalue weighted by Crippen LogP contribution is -2.16. The average molecular weight is 150 g/mol. The van der Waals surface area contributed by atoms with Crippen LogP contribution >= 0.6 is 0 Å². The minimum Gasteiger partial charge on any atom is -0.481 e. The molecule has 0 heterocycles. The molecular weight excluding hydrogens is 142 g/mol. The Hall–Kier alpha value is -0.670. The maximum absolute atomic E-state index is 12.3. The van der Waals surface area contributed by atoms with Crippen LogP contribution < -0.4 is 0 Å². The Labute approximate surface area is 56.8 Å². The first-order chi connectivity index (χ1) is 4.43. The van der Waals surface area contributed by atoms with E-state index >= 15 is 0 Å². The standard InChI is InChI=1S/C6H8F2O2/c1-6(7,8)4-2-3(4)5(9)10/h3-4H,2H2,1H3,(H,9,10)/t3-,4-/m1/s1. The Morgan fingerprint density at radius 3 is 2.30 bits per heavy atom. The van der Waals surface area contributed by atoms with Gasteiger partial charge >= 0.3 is 5.97 Å². The van der Waals surface area contributed by atoms with E-state index in [2.05, 4.69) is 0 Å². The molecule has 1 aliphatic rings. The number of carboxylic acid groups (broad SMARTS) is 1. The molecule has 2 atom stereocenters. The molecule has 0 amide bonds. The van der Waals surface area contributed by atoms with Gasteiger partial charge in [-0.25, -0.2) is 8.78 Å². The molecular formula is C6H8F2O2. The summed E-state index contributed by atoms with van der Waals surface area (Å²) in [6, 6.07) is 0. The number of rotatable bonds is 2. The minimum atomic E-state index is -2.82. The van der Waals surface area contributed by atoms with E-state index in [1.165, 1.54) is 0 Å². The van der Waals surface area contributed by atoms with Gasteiger partial charge in [0.05, 0.1) is 5.92 Å². The third-order valence-electron chi connectivity index (χ3n) is 1.76. The van der Waals surface area contributed by atoms with Crippen molar-refractivity contribution in [2.45, 2.75) is 19.3 Å². The van der Waals surface area contributed by atoms with Gasteiger partial charge in [-0.15, -0.1) is 0 Å². The number of carbonyl (C=O) groups is 1. The second-order valence-corrected chi connectivity index (χ2v) is 2.74. The molecule has 1 aliphatic carbocycles. The first-order valence-electron chi connectivity index (χ1n) is 3.03. The van der Waals surface area contributed by atoms with Gasteiger partial charge in [-0.2, -0.15) is 0 Å². The van der Waals surface area contributed by atoms with Gasteiger partial charge in [0.2, 0.25) is 5.92 Å². The summed E-state index contributed by atoms with van der Waals surface area (Å²) >= 11 is 0. The van der Waals surface area contributed by atoms with Crippen molar-refractivity contribution in [3.63, 3.8) is 0 Å². The number of hydrogen-bond acceptors (Lipinski definition) is 1. The van der Waals surface area contributed by atoms with E-state index in [0.29, 0.717) is 0 Å². The maximum Gasteiger partial charge on any atom is 0.307 e. The van der Waals surface area contributed by atoms with Gasteiger partial charge in [-0.05, 0) is 13.3 Å². The predicted molar refractivity (Wildman–Crippen MR) is 29.9 cm³/mol. The van der Waals surface area contributed by atoms with Crippen molar-refractivity contribution in [3.8, 4) is 0 Å². The third kappa shape index (κ3) is 1.25. The van der Waals surface area contributed by atoms with Crippen molar-refractivity contribution < 1.29 is 18.7 Å². The normalized spacial score (nSPS) is 31.9. The third-order valence-corrected chi connectivity index (χ3v) is 1.76. The second kappa shape index (κ2) is 1.90. The van der Waals surface area contributed by atoms with Gasteiger partial charge in [0.1, 0.15) is 0 Å². The smallest absolute Gasteiger partial charge is 0.307 e. The Kier molecular flexibility index (Phi) is 1.42. The molecule has 0 spiro atoms. The van der Waals surface area contributed by atoms with Crippen molar-refractivity contribution in [1.29, 1.82) is 0 Å². The van der Waals surface area contributed by atoms with Crippen LogP contribution in [0.1, 0.15) is 13.3 Å². The number of hydrogen-bond donors (Lipinski definition) is 1. The first kappa shape index (κ1) is 7.44. The molecule has 0 saturated heterocycles. The van der Waals surface area contributed by atoms with Crippen LogP contribution in [0.25, 0.3) is 0 Å². The van der Waals surface area contributed by atoms with Crippen molar-refractivity contribution in [2.75, 3.05) is 0 Å². The summed E-state index contributed by atoms with van der Waals surface area (Å²) in [7, 11) is 0. The Morgan fingerprint density at radius 1 is 1.70 bits per heavy atom. The van der Waals surface area contributed by atoms with Crippen LogP contribution in [0.3, 0.4) is 0 Å². The Balaban J connectivity index is 2.46. The molecule has 1 saturated carbocycles. The van der Waals surface area contributed by atoms with Crippen LogP contribution in [-0.2, 0) is 4.79 Å². The summed E-state index contributed by atoms with van der Waals surface area (Å²) in [6.45, 7) is 0.764. The van der Waals surface area contributed by atoms with Crippen LogP contribution in [0.5, 0.6) is 0 Å². The van der Waals surface area contributed by atoms with Gasteiger partial charge in [0, 0.05) is 5.92 Å². The SMILES string of the molecule is CC(F)(F)[C@@H]1C[C@H]1C(=O)O. The summed E-state index contributed by atoms with van der Waals surface area (Å²) in [4.78, 5) is 10.1. The molecule has 4 heteroatoms. The summed E-state index contributed by atoms with van der Waals surface area (Å²) in [5.41, 5.74) is 0. The number of alkyl halides is 2.